The Kier molecular flexibility index (Phi) is 6.35. The lowest BCUT2D eigenvalue weighted by molar-refractivity contribution is -0.0139. The largest absolute Gasteiger partial charge is 0.381 e. The molecule has 0 bridgehead atoms. The van der Waals surface area contributed by atoms with Gasteiger partial charge in [0.15, 0.2) is 5.96 Å². The average molecular weight is 376 g/mol. The number of rotatable bonds is 5. The number of guanidine groups is 1. The average Bonchev–Trinajstić information content (AvgIpc) is 3.47. The molecule has 1 N–H and O–H groups in total. The van der Waals surface area contributed by atoms with Crippen molar-refractivity contribution in [2.24, 2.45) is 4.99 Å². The van der Waals surface area contributed by atoms with Gasteiger partial charge in [-0.3, -0.25) is 14.8 Å². The number of likely N-dealkylation sites (tertiary alicyclic amines) is 2. The minimum absolute atomic E-state index is 0.216. The normalized spacial score (nSPS) is 29.7. The van der Waals surface area contributed by atoms with E-state index < -0.39 is 0 Å². The van der Waals surface area contributed by atoms with Crippen LogP contribution in [0.4, 0.5) is 0 Å². The first-order valence-corrected chi connectivity index (χ1v) is 11.1. The van der Waals surface area contributed by atoms with Gasteiger partial charge in [0.1, 0.15) is 0 Å². The number of aliphatic imine (C=N–C) groups is 1. The van der Waals surface area contributed by atoms with Gasteiger partial charge in [0, 0.05) is 57.5 Å². The molecule has 0 aromatic carbocycles. The molecule has 1 unspecified atom stereocenters. The summed E-state index contributed by atoms with van der Waals surface area (Å²) in [7, 11) is 0. The van der Waals surface area contributed by atoms with Crippen LogP contribution in [0.5, 0.6) is 0 Å². The smallest absolute Gasteiger partial charge is 0.194 e. The summed E-state index contributed by atoms with van der Waals surface area (Å²) in [5, 5.41) is 3.58. The highest BCUT2D eigenvalue weighted by molar-refractivity contribution is 5.80. The van der Waals surface area contributed by atoms with Crippen LogP contribution in [0.3, 0.4) is 0 Å². The number of hydrogen-bond donors (Lipinski definition) is 1. The Morgan fingerprint density at radius 2 is 1.89 bits per heavy atom. The van der Waals surface area contributed by atoms with E-state index in [0.717, 1.165) is 71.3 Å². The number of ether oxygens (including phenoxy) is 1. The highest BCUT2D eigenvalue weighted by Gasteiger charge is 2.40. The van der Waals surface area contributed by atoms with E-state index in [1.165, 1.54) is 32.4 Å². The molecule has 27 heavy (non-hydrogen) atoms. The van der Waals surface area contributed by atoms with Gasteiger partial charge in [0.25, 0.3) is 0 Å². The minimum Gasteiger partial charge on any atom is -0.381 e. The van der Waals surface area contributed by atoms with Crippen LogP contribution < -0.4 is 5.32 Å². The highest BCUT2D eigenvalue weighted by Crippen LogP contribution is 2.32. The van der Waals surface area contributed by atoms with Crippen molar-refractivity contribution in [3.8, 4) is 0 Å². The van der Waals surface area contributed by atoms with E-state index >= 15 is 0 Å². The summed E-state index contributed by atoms with van der Waals surface area (Å²) in [4.78, 5) is 13.0. The molecular weight excluding hydrogens is 338 g/mol. The summed E-state index contributed by atoms with van der Waals surface area (Å²) >= 11 is 0. The summed E-state index contributed by atoms with van der Waals surface area (Å²) in [5.74, 6) is 1.12. The van der Waals surface area contributed by atoms with Gasteiger partial charge in [-0.05, 0) is 52.1 Å². The molecule has 3 fully saturated rings. The number of nitrogens with one attached hydrogen (secondary N) is 1. The molecule has 4 aliphatic heterocycles. The molecule has 0 aliphatic carbocycles. The lowest BCUT2D eigenvalue weighted by Gasteiger charge is -2.43. The zero-order chi connectivity index (χ0) is 18.5. The molecule has 6 nitrogen and oxygen atoms in total. The SMILES string of the molecule is CCNC(=NCC1(N2CCCC2)CCOCC1)N1CCC(N2CC=CC2)C1. The second-order valence-corrected chi connectivity index (χ2v) is 8.51. The van der Waals surface area contributed by atoms with E-state index in [-0.39, 0.29) is 5.54 Å². The predicted octanol–water partition coefficient (Wildman–Crippen LogP) is 1.54. The fourth-order valence-electron chi connectivity index (χ4n) is 5.19. The molecule has 0 spiro atoms. The van der Waals surface area contributed by atoms with E-state index in [1.54, 1.807) is 0 Å². The van der Waals surface area contributed by atoms with Crippen LogP contribution in [-0.4, -0.2) is 97.8 Å². The van der Waals surface area contributed by atoms with Crippen molar-refractivity contribution in [1.82, 2.24) is 20.0 Å². The number of nitrogens with zero attached hydrogens (tertiary/aromatic N) is 4. The van der Waals surface area contributed by atoms with Crippen LogP contribution in [0, 0.1) is 0 Å². The predicted molar refractivity (Wildman–Crippen MR) is 110 cm³/mol. The lowest BCUT2D eigenvalue weighted by Crippen LogP contribution is -2.54. The molecule has 4 rings (SSSR count). The standard InChI is InChI=1S/C21H37N5O/c1-2-22-20(25-14-7-19(17-25)24-10-3-4-11-24)23-18-21(8-15-27-16-9-21)26-12-5-6-13-26/h3-4,19H,2,5-18H2,1H3,(H,22,23). The van der Waals surface area contributed by atoms with E-state index in [0.29, 0.717) is 6.04 Å². The molecule has 1 atom stereocenters. The molecule has 0 saturated carbocycles. The van der Waals surface area contributed by atoms with E-state index in [9.17, 15) is 0 Å². The Morgan fingerprint density at radius 1 is 1.15 bits per heavy atom. The van der Waals surface area contributed by atoms with Gasteiger partial charge in [-0.25, -0.2) is 0 Å². The van der Waals surface area contributed by atoms with E-state index in [4.69, 9.17) is 9.73 Å². The van der Waals surface area contributed by atoms with Crippen LogP contribution >= 0.6 is 0 Å². The maximum absolute atomic E-state index is 5.70. The molecule has 0 radical (unpaired) electrons. The van der Waals surface area contributed by atoms with Gasteiger partial charge in [-0.15, -0.1) is 0 Å². The summed E-state index contributed by atoms with van der Waals surface area (Å²) in [5.41, 5.74) is 0.216. The second kappa shape index (κ2) is 8.93. The van der Waals surface area contributed by atoms with Gasteiger partial charge < -0.3 is 15.0 Å². The van der Waals surface area contributed by atoms with Crippen LogP contribution in [0.2, 0.25) is 0 Å². The van der Waals surface area contributed by atoms with Crippen molar-refractivity contribution >= 4 is 5.96 Å². The first kappa shape index (κ1) is 19.2. The van der Waals surface area contributed by atoms with Crippen LogP contribution in [-0.2, 0) is 4.74 Å². The van der Waals surface area contributed by atoms with Gasteiger partial charge >= 0.3 is 0 Å². The van der Waals surface area contributed by atoms with Crippen LogP contribution in [0.15, 0.2) is 17.1 Å². The lowest BCUT2D eigenvalue weighted by atomic mass is 9.88. The first-order chi connectivity index (χ1) is 13.3. The van der Waals surface area contributed by atoms with Crippen molar-refractivity contribution in [3.63, 3.8) is 0 Å². The Balaban J connectivity index is 1.43. The second-order valence-electron chi connectivity index (χ2n) is 8.51. The maximum Gasteiger partial charge on any atom is 0.194 e. The maximum atomic E-state index is 5.70. The molecular formula is C21H37N5O. The highest BCUT2D eigenvalue weighted by atomic mass is 16.5. The van der Waals surface area contributed by atoms with Crippen molar-refractivity contribution in [3.05, 3.63) is 12.2 Å². The van der Waals surface area contributed by atoms with Gasteiger partial charge in [0.05, 0.1) is 6.54 Å². The quantitative estimate of drug-likeness (QED) is 0.449. The molecule has 0 aromatic rings. The molecule has 4 aliphatic rings. The molecule has 4 heterocycles. The summed E-state index contributed by atoms with van der Waals surface area (Å²) < 4.78 is 5.70. The third-order valence-electron chi connectivity index (χ3n) is 6.88. The van der Waals surface area contributed by atoms with Gasteiger partial charge in [-0.1, -0.05) is 12.2 Å². The minimum atomic E-state index is 0.216. The third-order valence-corrected chi connectivity index (χ3v) is 6.88. The fourth-order valence-corrected chi connectivity index (χ4v) is 5.19. The summed E-state index contributed by atoms with van der Waals surface area (Å²) in [6.07, 6.45) is 10.8. The molecule has 0 amide bonds. The third kappa shape index (κ3) is 4.33. The van der Waals surface area contributed by atoms with E-state index in [2.05, 4.69) is 39.1 Å². The Morgan fingerprint density at radius 3 is 2.59 bits per heavy atom. The monoisotopic (exact) mass is 375 g/mol. The van der Waals surface area contributed by atoms with Crippen molar-refractivity contribution < 1.29 is 4.74 Å². The van der Waals surface area contributed by atoms with Crippen molar-refractivity contribution in [1.29, 1.82) is 0 Å². The summed E-state index contributed by atoms with van der Waals surface area (Å²) in [6, 6.07) is 0.666. The number of hydrogen-bond acceptors (Lipinski definition) is 4. The van der Waals surface area contributed by atoms with Crippen LogP contribution in [0.1, 0.15) is 39.0 Å². The van der Waals surface area contributed by atoms with Crippen LogP contribution in [0.25, 0.3) is 0 Å². The first-order valence-electron chi connectivity index (χ1n) is 11.1. The molecule has 152 valence electrons. The Bertz CT molecular complexity index is 529. The Labute approximate surface area is 164 Å². The Hall–Kier alpha value is -1.11. The van der Waals surface area contributed by atoms with E-state index in [1.807, 2.05) is 0 Å². The molecule has 0 aromatic heterocycles. The zero-order valence-electron chi connectivity index (χ0n) is 17.0. The molecule has 6 heteroatoms. The molecule has 3 saturated heterocycles. The fraction of sp³-hybridized carbons (Fsp3) is 0.857. The van der Waals surface area contributed by atoms with Gasteiger partial charge in [-0.2, -0.15) is 0 Å². The van der Waals surface area contributed by atoms with Gasteiger partial charge in [0.2, 0.25) is 0 Å². The topological polar surface area (TPSA) is 43.3 Å². The summed E-state index contributed by atoms with van der Waals surface area (Å²) in [6.45, 7) is 12.7. The zero-order valence-corrected chi connectivity index (χ0v) is 17.0. The van der Waals surface area contributed by atoms with Crippen molar-refractivity contribution in [2.75, 3.05) is 65.6 Å². The van der Waals surface area contributed by atoms with Crippen molar-refractivity contribution in [2.45, 2.75) is 50.6 Å².